The standard InChI is InChI=1S/C11H14ClF2N/c1-8(12)6-15(2)7-9-10(13)4-3-5-11(9)14/h3-5,8H,6-7H2,1-2H3. The maximum Gasteiger partial charge on any atom is 0.130 e. The summed E-state index contributed by atoms with van der Waals surface area (Å²) in [5, 5.41) is -0.0372. The third kappa shape index (κ3) is 3.76. The lowest BCUT2D eigenvalue weighted by Crippen LogP contribution is -2.25. The SMILES string of the molecule is CC(Cl)CN(C)Cc1c(F)cccc1F. The second kappa shape index (κ2) is 5.42. The molecule has 1 aromatic rings. The van der Waals surface area contributed by atoms with Gasteiger partial charge in [-0.3, -0.25) is 0 Å². The van der Waals surface area contributed by atoms with E-state index in [9.17, 15) is 8.78 Å². The number of nitrogens with zero attached hydrogens (tertiary/aromatic N) is 1. The molecule has 0 radical (unpaired) electrons. The van der Waals surface area contributed by atoms with E-state index in [1.807, 2.05) is 6.92 Å². The molecule has 0 aliphatic carbocycles. The minimum atomic E-state index is -0.510. The molecule has 1 rings (SSSR count). The second-order valence-electron chi connectivity index (χ2n) is 3.68. The van der Waals surface area contributed by atoms with Gasteiger partial charge < -0.3 is 4.90 Å². The van der Waals surface area contributed by atoms with Crippen LogP contribution < -0.4 is 0 Å². The van der Waals surface area contributed by atoms with Crippen LogP contribution in [0, 0.1) is 11.6 Å². The molecule has 1 unspecified atom stereocenters. The molecule has 0 spiro atoms. The topological polar surface area (TPSA) is 3.24 Å². The fourth-order valence-corrected chi connectivity index (χ4v) is 1.68. The zero-order chi connectivity index (χ0) is 11.4. The molecular formula is C11H14ClF2N. The zero-order valence-electron chi connectivity index (χ0n) is 8.80. The highest BCUT2D eigenvalue weighted by molar-refractivity contribution is 6.20. The molecule has 1 aromatic carbocycles. The second-order valence-corrected chi connectivity index (χ2v) is 4.42. The summed E-state index contributed by atoms with van der Waals surface area (Å²) in [6, 6.07) is 3.88. The summed E-state index contributed by atoms with van der Waals surface area (Å²) < 4.78 is 26.5. The average Bonchev–Trinajstić information content (AvgIpc) is 2.10. The molecule has 84 valence electrons. The summed E-state index contributed by atoms with van der Waals surface area (Å²) in [6.45, 7) is 2.67. The number of rotatable bonds is 4. The van der Waals surface area contributed by atoms with Crippen molar-refractivity contribution in [2.45, 2.75) is 18.8 Å². The molecule has 0 saturated carbocycles. The Morgan fingerprint density at radius 3 is 2.33 bits per heavy atom. The van der Waals surface area contributed by atoms with Gasteiger partial charge in [0.15, 0.2) is 0 Å². The normalized spacial score (nSPS) is 13.2. The molecule has 0 fully saturated rings. The fourth-order valence-electron chi connectivity index (χ4n) is 1.45. The smallest absolute Gasteiger partial charge is 0.130 e. The zero-order valence-corrected chi connectivity index (χ0v) is 9.56. The first kappa shape index (κ1) is 12.4. The Morgan fingerprint density at radius 1 is 1.33 bits per heavy atom. The van der Waals surface area contributed by atoms with Crippen molar-refractivity contribution >= 4 is 11.6 Å². The fraction of sp³-hybridized carbons (Fsp3) is 0.455. The van der Waals surface area contributed by atoms with Gasteiger partial charge in [-0.2, -0.15) is 0 Å². The van der Waals surface area contributed by atoms with Gasteiger partial charge in [-0.25, -0.2) is 8.78 Å². The molecular weight excluding hydrogens is 220 g/mol. The molecule has 0 saturated heterocycles. The molecule has 0 aliphatic heterocycles. The average molecular weight is 234 g/mol. The van der Waals surface area contributed by atoms with E-state index in [1.54, 1.807) is 11.9 Å². The molecule has 1 nitrogen and oxygen atoms in total. The van der Waals surface area contributed by atoms with Gasteiger partial charge in [0, 0.05) is 24.0 Å². The summed E-state index contributed by atoms with van der Waals surface area (Å²) in [6.07, 6.45) is 0. The van der Waals surface area contributed by atoms with Crippen molar-refractivity contribution in [2.75, 3.05) is 13.6 Å². The van der Waals surface area contributed by atoms with Crippen LogP contribution in [0.1, 0.15) is 12.5 Å². The van der Waals surface area contributed by atoms with Crippen LogP contribution in [0.4, 0.5) is 8.78 Å². The number of alkyl halides is 1. The van der Waals surface area contributed by atoms with Gasteiger partial charge in [0.1, 0.15) is 11.6 Å². The molecule has 0 heterocycles. The lowest BCUT2D eigenvalue weighted by molar-refractivity contribution is 0.317. The van der Waals surface area contributed by atoms with E-state index in [2.05, 4.69) is 0 Å². The molecule has 0 amide bonds. The first-order valence-electron chi connectivity index (χ1n) is 4.76. The van der Waals surface area contributed by atoms with Crippen molar-refractivity contribution < 1.29 is 8.78 Å². The van der Waals surface area contributed by atoms with E-state index < -0.39 is 11.6 Å². The van der Waals surface area contributed by atoms with Gasteiger partial charge in [-0.15, -0.1) is 11.6 Å². The molecule has 0 aliphatic rings. The van der Waals surface area contributed by atoms with Crippen LogP contribution in [0.3, 0.4) is 0 Å². The molecule has 0 N–H and O–H groups in total. The third-order valence-electron chi connectivity index (χ3n) is 2.05. The number of hydrogen-bond donors (Lipinski definition) is 0. The van der Waals surface area contributed by atoms with Crippen molar-refractivity contribution in [2.24, 2.45) is 0 Å². The predicted molar refractivity (Wildman–Crippen MR) is 58.0 cm³/mol. The Morgan fingerprint density at radius 2 is 1.87 bits per heavy atom. The summed E-state index contributed by atoms with van der Waals surface area (Å²) in [7, 11) is 1.78. The number of halogens is 3. The van der Waals surface area contributed by atoms with Gasteiger partial charge >= 0.3 is 0 Å². The lowest BCUT2D eigenvalue weighted by Gasteiger charge is -2.18. The number of hydrogen-bond acceptors (Lipinski definition) is 1. The van der Waals surface area contributed by atoms with E-state index in [0.717, 1.165) is 0 Å². The Bertz CT molecular complexity index is 308. The quantitative estimate of drug-likeness (QED) is 0.723. The van der Waals surface area contributed by atoms with Crippen LogP contribution in [0.25, 0.3) is 0 Å². The Kier molecular flexibility index (Phi) is 4.48. The first-order chi connectivity index (χ1) is 7.00. The number of benzene rings is 1. The highest BCUT2D eigenvalue weighted by Gasteiger charge is 2.11. The van der Waals surface area contributed by atoms with E-state index in [4.69, 9.17) is 11.6 Å². The molecule has 4 heteroatoms. The predicted octanol–water partition coefficient (Wildman–Crippen LogP) is 3.02. The highest BCUT2D eigenvalue weighted by Crippen LogP contribution is 2.14. The van der Waals surface area contributed by atoms with Crippen LogP contribution in [0.2, 0.25) is 0 Å². The Hall–Kier alpha value is -0.670. The van der Waals surface area contributed by atoms with Gasteiger partial charge in [0.05, 0.1) is 0 Å². The van der Waals surface area contributed by atoms with E-state index in [1.165, 1.54) is 18.2 Å². The van der Waals surface area contributed by atoms with Gasteiger partial charge in [-0.1, -0.05) is 6.07 Å². The Labute approximate surface area is 93.7 Å². The van der Waals surface area contributed by atoms with Crippen molar-refractivity contribution in [3.05, 3.63) is 35.4 Å². The van der Waals surface area contributed by atoms with Crippen LogP contribution in [0.5, 0.6) is 0 Å². The van der Waals surface area contributed by atoms with Crippen molar-refractivity contribution in [3.63, 3.8) is 0 Å². The van der Waals surface area contributed by atoms with Gasteiger partial charge in [0.2, 0.25) is 0 Å². The molecule has 0 aromatic heterocycles. The third-order valence-corrected chi connectivity index (χ3v) is 2.19. The Balaban J connectivity index is 2.71. The summed E-state index contributed by atoms with van der Waals surface area (Å²) in [5.41, 5.74) is 0.0947. The lowest BCUT2D eigenvalue weighted by atomic mass is 10.2. The van der Waals surface area contributed by atoms with E-state index >= 15 is 0 Å². The summed E-state index contributed by atoms with van der Waals surface area (Å²) >= 11 is 5.79. The van der Waals surface area contributed by atoms with Crippen LogP contribution in [0.15, 0.2) is 18.2 Å². The van der Waals surface area contributed by atoms with Crippen molar-refractivity contribution in [3.8, 4) is 0 Å². The molecule has 0 bridgehead atoms. The van der Waals surface area contributed by atoms with Crippen LogP contribution in [-0.4, -0.2) is 23.9 Å². The molecule has 1 atom stereocenters. The highest BCUT2D eigenvalue weighted by atomic mass is 35.5. The first-order valence-corrected chi connectivity index (χ1v) is 5.20. The van der Waals surface area contributed by atoms with Crippen LogP contribution in [-0.2, 0) is 6.54 Å². The van der Waals surface area contributed by atoms with Gasteiger partial charge in [0.25, 0.3) is 0 Å². The molecule has 15 heavy (non-hydrogen) atoms. The largest absolute Gasteiger partial charge is 0.300 e. The maximum atomic E-state index is 13.2. The monoisotopic (exact) mass is 233 g/mol. The summed E-state index contributed by atoms with van der Waals surface area (Å²) in [5.74, 6) is -1.02. The summed E-state index contributed by atoms with van der Waals surface area (Å²) in [4.78, 5) is 1.79. The minimum absolute atomic E-state index is 0.0372. The minimum Gasteiger partial charge on any atom is -0.300 e. The van der Waals surface area contributed by atoms with E-state index in [-0.39, 0.29) is 17.5 Å². The van der Waals surface area contributed by atoms with Gasteiger partial charge in [-0.05, 0) is 26.1 Å². The van der Waals surface area contributed by atoms with Crippen LogP contribution >= 0.6 is 11.6 Å². The van der Waals surface area contributed by atoms with Crippen molar-refractivity contribution in [1.29, 1.82) is 0 Å². The maximum absolute atomic E-state index is 13.2. The van der Waals surface area contributed by atoms with Crippen molar-refractivity contribution in [1.82, 2.24) is 4.90 Å². The van der Waals surface area contributed by atoms with E-state index in [0.29, 0.717) is 6.54 Å².